The number of nitrogens with one attached hydrogen (secondary N) is 1. The number of aryl methyl sites for hydroxylation is 1. The molecular formula is C14H23N5. The van der Waals surface area contributed by atoms with Crippen LogP contribution in [0.15, 0.2) is 12.5 Å². The zero-order valence-electron chi connectivity index (χ0n) is 12.7. The highest BCUT2D eigenvalue weighted by atomic mass is 15.3. The number of anilines is 1. The Bertz CT molecular complexity index is 577. The molecular weight excluding hydrogens is 238 g/mol. The SMILES string of the molecule is Cn1ncc2c(NC(C)(C)CC(C)(C)C)ncnc21. The van der Waals surface area contributed by atoms with Gasteiger partial charge in [0.2, 0.25) is 0 Å². The van der Waals surface area contributed by atoms with Gasteiger partial charge in [0, 0.05) is 12.6 Å². The quantitative estimate of drug-likeness (QED) is 0.922. The first-order valence-corrected chi connectivity index (χ1v) is 6.59. The molecule has 0 aromatic carbocycles. The molecule has 0 fully saturated rings. The summed E-state index contributed by atoms with van der Waals surface area (Å²) < 4.78 is 1.76. The molecule has 0 radical (unpaired) electrons. The normalized spacial score (nSPS) is 12.9. The van der Waals surface area contributed by atoms with Gasteiger partial charge in [-0.25, -0.2) is 9.97 Å². The van der Waals surface area contributed by atoms with E-state index in [0.29, 0.717) is 0 Å². The van der Waals surface area contributed by atoms with Crippen LogP contribution in [-0.2, 0) is 7.05 Å². The third-order valence-electron chi connectivity index (χ3n) is 2.96. The Balaban J connectivity index is 2.31. The maximum absolute atomic E-state index is 4.36. The second-order valence-electron chi connectivity index (χ2n) is 6.97. The van der Waals surface area contributed by atoms with Crippen molar-refractivity contribution in [3.8, 4) is 0 Å². The van der Waals surface area contributed by atoms with Crippen LogP contribution in [0.2, 0.25) is 0 Å². The molecule has 0 unspecified atom stereocenters. The summed E-state index contributed by atoms with van der Waals surface area (Å²) >= 11 is 0. The topological polar surface area (TPSA) is 55.6 Å². The van der Waals surface area contributed by atoms with Crippen LogP contribution in [0.1, 0.15) is 41.0 Å². The molecule has 0 aliphatic rings. The number of rotatable bonds is 3. The molecule has 0 saturated heterocycles. The third-order valence-corrected chi connectivity index (χ3v) is 2.96. The summed E-state index contributed by atoms with van der Waals surface area (Å²) in [4.78, 5) is 8.62. The van der Waals surface area contributed by atoms with E-state index in [2.05, 4.69) is 55.0 Å². The Labute approximate surface area is 114 Å². The van der Waals surface area contributed by atoms with Crippen molar-refractivity contribution in [3.05, 3.63) is 12.5 Å². The van der Waals surface area contributed by atoms with Crippen LogP contribution in [0.3, 0.4) is 0 Å². The molecule has 0 atom stereocenters. The molecule has 1 N–H and O–H groups in total. The van der Waals surface area contributed by atoms with Crippen LogP contribution >= 0.6 is 0 Å². The van der Waals surface area contributed by atoms with Crippen LogP contribution in [0, 0.1) is 5.41 Å². The summed E-state index contributed by atoms with van der Waals surface area (Å²) in [6.07, 6.45) is 4.44. The van der Waals surface area contributed by atoms with Crippen molar-refractivity contribution in [2.75, 3.05) is 5.32 Å². The Morgan fingerprint density at radius 1 is 1.16 bits per heavy atom. The predicted molar refractivity (Wildman–Crippen MR) is 78.1 cm³/mol. The second kappa shape index (κ2) is 4.47. The van der Waals surface area contributed by atoms with Crippen molar-refractivity contribution >= 4 is 16.9 Å². The smallest absolute Gasteiger partial charge is 0.163 e. The van der Waals surface area contributed by atoms with Gasteiger partial charge in [-0.05, 0) is 25.7 Å². The van der Waals surface area contributed by atoms with Gasteiger partial charge in [0.1, 0.15) is 12.1 Å². The molecule has 0 saturated carbocycles. The number of hydrogen-bond donors (Lipinski definition) is 1. The maximum Gasteiger partial charge on any atom is 0.163 e. The average molecular weight is 261 g/mol. The van der Waals surface area contributed by atoms with Gasteiger partial charge in [0.05, 0.1) is 11.6 Å². The number of aromatic nitrogens is 4. The Hall–Kier alpha value is -1.65. The van der Waals surface area contributed by atoms with Crippen molar-refractivity contribution in [2.24, 2.45) is 12.5 Å². The molecule has 0 amide bonds. The monoisotopic (exact) mass is 261 g/mol. The molecule has 2 rings (SSSR count). The largest absolute Gasteiger partial charge is 0.364 e. The molecule has 2 aromatic heterocycles. The summed E-state index contributed by atoms with van der Waals surface area (Å²) in [5.74, 6) is 0.854. The first-order valence-electron chi connectivity index (χ1n) is 6.59. The minimum Gasteiger partial charge on any atom is -0.364 e. The van der Waals surface area contributed by atoms with E-state index in [1.54, 1.807) is 11.0 Å². The van der Waals surface area contributed by atoms with Crippen molar-refractivity contribution in [1.29, 1.82) is 0 Å². The summed E-state index contributed by atoms with van der Waals surface area (Å²) in [7, 11) is 1.89. The molecule has 2 aromatic rings. The molecule has 5 nitrogen and oxygen atoms in total. The second-order valence-corrected chi connectivity index (χ2v) is 6.97. The van der Waals surface area contributed by atoms with Gasteiger partial charge in [-0.1, -0.05) is 20.8 Å². The van der Waals surface area contributed by atoms with Crippen molar-refractivity contribution in [1.82, 2.24) is 19.7 Å². The lowest BCUT2D eigenvalue weighted by Gasteiger charge is -2.33. The minimum absolute atomic E-state index is 0.0324. The highest BCUT2D eigenvalue weighted by molar-refractivity contribution is 5.86. The van der Waals surface area contributed by atoms with Gasteiger partial charge < -0.3 is 5.32 Å². The molecule has 0 bridgehead atoms. The first kappa shape index (κ1) is 13.8. The fourth-order valence-corrected chi connectivity index (χ4v) is 2.75. The maximum atomic E-state index is 4.36. The Morgan fingerprint density at radius 2 is 1.84 bits per heavy atom. The van der Waals surface area contributed by atoms with Gasteiger partial charge in [-0.15, -0.1) is 0 Å². The van der Waals surface area contributed by atoms with Crippen molar-refractivity contribution < 1.29 is 0 Å². The zero-order valence-corrected chi connectivity index (χ0v) is 12.7. The fraction of sp³-hybridized carbons (Fsp3) is 0.643. The molecule has 0 spiro atoms. The molecule has 5 heteroatoms. The molecule has 0 aliphatic carbocycles. The third kappa shape index (κ3) is 3.22. The van der Waals surface area contributed by atoms with Crippen molar-refractivity contribution in [2.45, 2.75) is 46.6 Å². The van der Waals surface area contributed by atoms with Gasteiger partial charge >= 0.3 is 0 Å². The zero-order chi connectivity index (χ0) is 14.3. The number of hydrogen-bond acceptors (Lipinski definition) is 4. The van der Waals surface area contributed by atoms with E-state index in [0.717, 1.165) is 23.3 Å². The van der Waals surface area contributed by atoms with E-state index in [9.17, 15) is 0 Å². The van der Waals surface area contributed by atoms with E-state index < -0.39 is 0 Å². The van der Waals surface area contributed by atoms with E-state index >= 15 is 0 Å². The average Bonchev–Trinajstić information content (AvgIpc) is 2.57. The summed E-state index contributed by atoms with van der Waals surface area (Å²) in [5, 5.41) is 8.73. The van der Waals surface area contributed by atoms with Crippen LogP contribution < -0.4 is 5.32 Å². The number of nitrogens with zero attached hydrogens (tertiary/aromatic N) is 4. The lowest BCUT2D eigenvalue weighted by molar-refractivity contribution is 0.302. The highest BCUT2D eigenvalue weighted by Crippen LogP contribution is 2.30. The van der Waals surface area contributed by atoms with E-state index in [1.807, 2.05) is 13.2 Å². The predicted octanol–water partition coefficient (Wildman–Crippen LogP) is 2.99. The van der Waals surface area contributed by atoms with Gasteiger partial charge in [0.15, 0.2) is 5.65 Å². The lowest BCUT2D eigenvalue weighted by atomic mass is 9.82. The standard InChI is InChI=1S/C14H23N5/c1-13(2,3)8-14(4,5)18-11-10-7-17-19(6)12(10)16-9-15-11/h7,9H,8H2,1-6H3,(H,15,16,18). The van der Waals surface area contributed by atoms with E-state index in [1.165, 1.54) is 0 Å². The summed E-state index contributed by atoms with van der Waals surface area (Å²) in [5.41, 5.74) is 1.08. The van der Waals surface area contributed by atoms with Gasteiger partial charge in [-0.3, -0.25) is 4.68 Å². The molecule has 0 aliphatic heterocycles. The lowest BCUT2D eigenvalue weighted by Crippen LogP contribution is -2.35. The van der Waals surface area contributed by atoms with Gasteiger partial charge in [-0.2, -0.15) is 5.10 Å². The Morgan fingerprint density at radius 3 is 2.47 bits per heavy atom. The molecule has 104 valence electrons. The number of fused-ring (bicyclic) bond motifs is 1. The van der Waals surface area contributed by atoms with E-state index in [-0.39, 0.29) is 11.0 Å². The summed E-state index contributed by atoms with van der Waals surface area (Å²) in [6.45, 7) is 11.1. The summed E-state index contributed by atoms with van der Waals surface area (Å²) in [6, 6.07) is 0. The minimum atomic E-state index is -0.0324. The Kier molecular flexibility index (Phi) is 3.24. The molecule has 2 heterocycles. The highest BCUT2D eigenvalue weighted by Gasteiger charge is 2.26. The fourth-order valence-electron chi connectivity index (χ4n) is 2.75. The van der Waals surface area contributed by atoms with Crippen LogP contribution in [-0.4, -0.2) is 25.3 Å². The van der Waals surface area contributed by atoms with Crippen molar-refractivity contribution in [3.63, 3.8) is 0 Å². The van der Waals surface area contributed by atoms with Crippen LogP contribution in [0.4, 0.5) is 5.82 Å². The molecule has 19 heavy (non-hydrogen) atoms. The van der Waals surface area contributed by atoms with Crippen LogP contribution in [0.5, 0.6) is 0 Å². The first-order chi connectivity index (χ1) is 8.68. The van der Waals surface area contributed by atoms with E-state index in [4.69, 9.17) is 0 Å². The van der Waals surface area contributed by atoms with Gasteiger partial charge in [0.25, 0.3) is 0 Å². The van der Waals surface area contributed by atoms with Crippen LogP contribution in [0.25, 0.3) is 11.0 Å².